The highest BCUT2D eigenvalue weighted by atomic mass is 19.1. The van der Waals surface area contributed by atoms with Crippen molar-refractivity contribution < 1.29 is 9.13 Å². The Morgan fingerprint density at radius 3 is 2.67 bits per heavy atom. The number of rotatable bonds is 2. The van der Waals surface area contributed by atoms with Gasteiger partial charge in [-0.1, -0.05) is 30.3 Å². The fourth-order valence-corrected chi connectivity index (χ4v) is 2.34. The summed E-state index contributed by atoms with van der Waals surface area (Å²) in [5.74, 6) is 0.442. The molecule has 0 saturated carbocycles. The second kappa shape index (κ2) is 4.42. The Morgan fingerprint density at radius 2 is 1.94 bits per heavy atom. The van der Waals surface area contributed by atoms with E-state index in [9.17, 15) is 4.39 Å². The molecule has 1 heterocycles. The van der Waals surface area contributed by atoms with E-state index in [1.807, 2.05) is 30.3 Å². The van der Waals surface area contributed by atoms with Gasteiger partial charge in [0.15, 0.2) is 0 Å². The van der Waals surface area contributed by atoms with E-state index < -0.39 is 0 Å². The molecule has 2 N–H and O–H groups in total. The van der Waals surface area contributed by atoms with E-state index >= 15 is 0 Å². The molecule has 0 fully saturated rings. The summed E-state index contributed by atoms with van der Waals surface area (Å²) in [6.45, 7) is 0.405. The summed E-state index contributed by atoms with van der Waals surface area (Å²) < 4.78 is 19.5. The van der Waals surface area contributed by atoms with Gasteiger partial charge in [-0.25, -0.2) is 4.39 Å². The smallest absolute Gasteiger partial charge is 0.133 e. The lowest BCUT2D eigenvalue weighted by molar-refractivity contribution is 0.242. The van der Waals surface area contributed by atoms with E-state index in [1.54, 1.807) is 6.07 Å². The molecule has 2 nitrogen and oxygen atoms in total. The zero-order valence-electron chi connectivity index (χ0n) is 9.90. The number of halogens is 1. The first-order valence-corrected chi connectivity index (χ1v) is 6.03. The fourth-order valence-electron chi connectivity index (χ4n) is 2.34. The van der Waals surface area contributed by atoms with Crippen molar-refractivity contribution in [1.82, 2.24) is 0 Å². The summed E-state index contributed by atoms with van der Waals surface area (Å²) in [5, 5.41) is 0. The topological polar surface area (TPSA) is 35.2 Å². The van der Waals surface area contributed by atoms with Crippen LogP contribution < -0.4 is 10.5 Å². The van der Waals surface area contributed by atoms with E-state index in [-0.39, 0.29) is 11.9 Å². The first-order chi connectivity index (χ1) is 8.79. The number of hydrogen-bond acceptors (Lipinski definition) is 2. The second-order valence-electron chi connectivity index (χ2n) is 4.45. The summed E-state index contributed by atoms with van der Waals surface area (Å²) in [6, 6.07) is 13.1. The Morgan fingerprint density at radius 1 is 1.17 bits per heavy atom. The predicted molar refractivity (Wildman–Crippen MR) is 69.0 cm³/mol. The van der Waals surface area contributed by atoms with Crippen LogP contribution in [0.2, 0.25) is 0 Å². The maximum atomic E-state index is 13.8. The minimum atomic E-state index is -0.208. The molecule has 0 amide bonds. The minimum Gasteiger partial charge on any atom is -0.488 e. The maximum Gasteiger partial charge on any atom is 0.133 e. The van der Waals surface area contributed by atoms with Crippen molar-refractivity contribution in [2.75, 3.05) is 6.54 Å². The SMILES string of the molecule is NC[C@@H]1Cc2c(F)ccc(-c3ccccc3)c2O1. The fraction of sp³-hybridized carbons (Fsp3) is 0.200. The van der Waals surface area contributed by atoms with Gasteiger partial charge in [0.2, 0.25) is 0 Å². The van der Waals surface area contributed by atoms with Crippen LogP contribution in [-0.2, 0) is 6.42 Å². The van der Waals surface area contributed by atoms with Gasteiger partial charge in [0.05, 0.1) is 0 Å². The average Bonchev–Trinajstić information content (AvgIpc) is 2.85. The van der Waals surface area contributed by atoms with Crippen LogP contribution in [0.4, 0.5) is 4.39 Å². The molecule has 0 spiro atoms. The normalized spacial score (nSPS) is 17.3. The molecule has 1 aliphatic rings. The number of ether oxygens (including phenoxy) is 1. The molecule has 0 radical (unpaired) electrons. The highest BCUT2D eigenvalue weighted by molar-refractivity contribution is 5.73. The quantitative estimate of drug-likeness (QED) is 0.880. The summed E-state index contributed by atoms with van der Waals surface area (Å²) in [4.78, 5) is 0. The van der Waals surface area contributed by atoms with Crippen LogP contribution in [0.1, 0.15) is 5.56 Å². The number of hydrogen-bond donors (Lipinski definition) is 1. The standard InChI is InChI=1S/C15H14FNO/c16-14-7-6-12(10-4-2-1-3-5-10)15-13(14)8-11(9-17)18-15/h1-7,11H,8-9,17H2/t11-/m0/s1. The molecule has 18 heavy (non-hydrogen) atoms. The van der Waals surface area contributed by atoms with Gasteiger partial charge < -0.3 is 10.5 Å². The summed E-state index contributed by atoms with van der Waals surface area (Å²) >= 11 is 0. The maximum absolute atomic E-state index is 13.8. The van der Waals surface area contributed by atoms with Crippen LogP contribution >= 0.6 is 0 Å². The molecule has 0 bridgehead atoms. The number of fused-ring (bicyclic) bond motifs is 1. The first kappa shape index (κ1) is 11.2. The summed E-state index contributed by atoms with van der Waals surface area (Å²) in [6.07, 6.45) is 0.442. The van der Waals surface area contributed by atoms with Crippen molar-refractivity contribution in [2.24, 2.45) is 5.73 Å². The predicted octanol–water partition coefficient (Wildman–Crippen LogP) is 2.75. The Kier molecular flexibility index (Phi) is 2.76. The van der Waals surface area contributed by atoms with Crippen LogP contribution in [0.3, 0.4) is 0 Å². The zero-order valence-corrected chi connectivity index (χ0v) is 9.90. The molecule has 0 saturated heterocycles. The van der Waals surface area contributed by atoms with E-state index in [2.05, 4.69) is 0 Å². The van der Waals surface area contributed by atoms with E-state index in [0.29, 0.717) is 24.3 Å². The molecule has 92 valence electrons. The van der Waals surface area contributed by atoms with Crippen LogP contribution in [0.25, 0.3) is 11.1 Å². The van der Waals surface area contributed by atoms with Gasteiger partial charge in [0.25, 0.3) is 0 Å². The van der Waals surface area contributed by atoms with Gasteiger partial charge in [-0.2, -0.15) is 0 Å². The van der Waals surface area contributed by atoms with Crippen LogP contribution in [0.5, 0.6) is 5.75 Å². The van der Waals surface area contributed by atoms with Crippen molar-refractivity contribution in [2.45, 2.75) is 12.5 Å². The van der Waals surface area contributed by atoms with Crippen LogP contribution in [0.15, 0.2) is 42.5 Å². The average molecular weight is 243 g/mol. The molecular weight excluding hydrogens is 229 g/mol. The number of nitrogens with two attached hydrogens (primary N) is 1. The van der Waals surface area contributed by atoms with Crippen molar-refractivity contribution in [3.8, 4) is 16.9 Å². The number of benzene rings is 2. The zero-order chi connectivity index (χ0) is 12.5. The van der Waals surface area contributed by atoms with Gasteiger partial charge in [0.1, 0.15) is 17.7 Å². The highest BCUT2D eigenvalue weighted by Gasteiger charge is 2.27. The largest absolute Gasteiger partial charge is 0.488 e. The van der Waals surface area contributed by atoms with Crippen molar-refractivity contribution in [1.29, 1.82) is 0 Å². The minimum absolute atomic E-state index is 0.112. The van der Waals surface area contributed by atoms with Crippen LogP contribution in [-0.4, -0.2) is 12.6 Å². The van der Waals surface area contributed by atoms with Crippen molar-refractivity contribution in [3.05, 3.63) is 53.8 Å². The molecule has 3 heteroatoms. The third-order valence-corrected chi connectivity index (χ3v) is 3.27. The molecule has 2 aromatic rings. The lowest BCUT2D eigenvalue weighted by Gasteiger charge is -2.11. The first-order valence-electron chi connectivity index (χ1n) is 6.03. The van der Waals surface area contributed by atoms with Gasteiger partial charge in [-0.05, 0) is 17.7 Å². The van der Waals surface area contributed by atoms with Crippen molar-refractivity contribution in [3.63, 3.8) is 0 Å². The lowest BCUT2D eigenvalue weighted by Crippen LogP contribution is -2.24. The van der Waals surface area contributed by atoms with Crippen LogP contribution in [0, 0.1) is 5.82 Å². The van der Waals surface area contributed by atoms with Gasteiger partial charge in [0, 0.05) is 24.1 Å². The third-order valence-electron chi connectivity index (χ3n) is 3.27. The Bertz CT molecular complexity index is 568. The molecule has 2 aromatic carbocycles. The van der Waals surface area contributed by atoms with E-state index in [0.717, 1.165) is 11.1 Å². The molecule has 3 rings (SSSR count). The summed E-state index contributed by atoms with van der Waals surface area (Å²) in [5.41, 5.74) is 8.22. The Labute approximate surface area is 105 Å². The molecule has 1 aliphatic heterocycles. The molecule has 0 aromatic heterocycles. The van der Waals surface area contributed by atoms with Gasteiger partial charge in [-0.15, -0.1) is 0 Å². The Hall–Kier alpha value is -1.87. The van der Waals surface area contributed by atoms with E-state index in [4.69, 9.17) is 10.5 Å². The lowest BCUT2D eigenvalue weighted by atomic mass is 10.0. The summed E-state index contributed by atoms with van der Waals surface area (Å²) in [7, 11) is 0. The van der Waals surface area contributed by atoms with E-state index in [1.165, 1.54) is 6.07 Å². The Balaban J connectivity index is 2.12. The van der Waals surface area contributed by atoms with Gasteiger partial charge in [-0.3, -0.25) is 0 Å². The highest BCUT2D eigenvalue weighted by Crippen LogP contribution is 2.39. The molecular formula is C15H14FNO. The third kappa shape index (κ3) is 1.77. The second-order valence-corrected chi connectivity index (χ2v) is 4.45. The monoisotopic (exact) mass is 243 g/mol. The van der Waals surface area contributed by atoms with Crippen molar-refractivity contribution >= 4 is 0 Å². The van der Waals surface area contributed by atoms with Gasteiger partial charge >= 0.3 is 0 Å². The molecule has 0 unspecified atom stereocenters. The molecule has 0 aliphatic carbocycles. The molecule has 1 atom stereocenters.